The molecular weight excluding hydrogens is 304 g/mol. The van der Waals surface area contributed by atoms with Gasteiger partial charge >= 0.3 is 0 Å². The number of hydrogen-bond donors (Lipinski definition) is 1. The molecular formula is C19H22N2O3. The summed E-state index contributed by atoms with van der Waals surface area (Å²) < 4.78 is 10.9. The van der Waals surface area contributed by atoms with Gasteiger partial charge in [-0.1, -0.05) is 30.3 Å². The van der Waals surface area contributed by atoms with Crippen LogP contribution >= 0.6 is 0 Å². The van der Waals surface area contributed by atoms with Gasteiger partial charge in [-0.15, -0.1) is 0 Å². The van der Waals surface area contributed by atoms with E-state index in [2.05, 4.69) is 5.32 Å². The van der Waals surface area contributed by atoms with E-state index in [4.69, 9.17) is 9.47 Å². The van der Waals surface area contributed by atoms with E-state index in [-0.39, 0.29) is 12.1 Å². The van der Waals surface area contributed by atoms with Gasteiger partial charge in [-0.3, -0.25) is 4.79 Å². The first kappa shape index (κ1) is 16.3. The van der Waals surface area contributed by atoms with Crippen LogP contribution in [0.4, 0.5) is 5.69 Å². The molecule has 0 fully saturated rings. The predicted molar refractivity (Wildman–Crippen MR) is 93.4 cm³/mol. The van der Waals surface area contributed by atoms with E-state index in [9.17, 15) is 4.79 Å². The number of fused-ring (bicyclic) bond motifs is 1. The van der Waals surface area contributed by atoms with Crippen LogP contribution in [-0.2, 0) is 4.74 Å². The van der Waals surface area contributed by atoms with E-state index in [0.29, 0.717) is 13.2 Å². The summed E-state index contributed by atoms with van der Waals surface area (Å²) >= 11 is 0. The van der Waals surface area contributed by atoms with Gasteiger partial charge in [0.15, 0.2) is 0 Å². The van der Waals surface area contributed by atoms with Crippen molar-refractivity contribution in [1.29, 1.82) is 0 Å². The molecule has 0 aliphatic carbocycles. The Kier molecular flexibility index (Phi) is 4.71. The molecule has 1 atom stereocenters. The number of anilines is 1. The average Bonchev–Trinajstić information content (AvgIpc) is 2.59. The summed E-state index contributed by atoms with van der Waals surface area (Å²) in [6.07, 6.45) is -0.273. The molecule has 0 saturated carbocycles. The third kappa shape index (κ3) is 2.95. The Labute approximate surface area is 142 Å². The van der Waals surface area contributed by atoms with Gasteiger partial charge in [-0.05, 0) is 24.6 Å². The fourth-order valence-electron chi connectivity index (χ4n) is 2.97. The number of amides is 1. The van der Waals surface area contributed by atoms with Crippen molar-refractivity contribution in [3.63, 3.8) is 0 Å². The summed E-state index contributed by atoms with van der Waals surface area (Å²) in [5, 5.41) is 3.46. The van der Waals surface area contributed by atoms with Crippen LogP contribution < -0.4 is 10.1 Å². The quantitative estimate of drug-likeness (QED) is 0.857. The highest BCUT2D eigenvalue weighted by molar-refractivity contribution is 6.03. The molecule has 5 nitrogen and oxygen atoms in total. The zero-order chi connectivity index (χ0) is 17.1. The minimum Gasteiger partial charge on any atom is -0.491 e. The van der Waals surface area contributed by atoms with Crippen LogP contribution in [0, 0.1) is 6.92 Å². The highest BCUT2D eigenvalue weighted by Gasteiger charge is 2.32. The van der Waals surface area contributed by atoms with Gasteiger partial charge in [-0.25, -0.2) is 0 Å². The molecule has 5 heteroatoms. The minimum absolute atomic E-state index is 0.0125. The maximum atomic E-state index is 12.8. The number of nitrogens with zero attached hydrogens (tertiary/aromatic N) is 1. The number of hydrogen-bond acceptors (Lipinski definition) is 4. The summed E-state index contributed by atoms with van der Waals surface area (Å²) in [5.74, 6) is 0.765. The fraction of sp³-hybridized carbons (Fsp3) is 0.316. The standard InChI is InChI=1S/C19H22N2O3/c1-13-7-6-9-15-17(13)19(22)21(2)18(20-15)14-8-4-5-10-16(14)24-12-11-23-3/h4-10,18,20H,11-12H2,1-3H3/t18-/m0/s1. The lowest BCUT2D eigenvalue weighted by Crippen LogP contribution is -2.40. The Bertz CT molecular complexity index is 745. The number of benzene rings is 2. The molecule has 0 aromatic heterocycles. The first-order valence-corrected chi connectivity index (χ1v) is 7.97. The van der Waals surface area contributed by atoms with Crippen LogP contribution in [0.25, 0.3) is 0 Å². The summed E-state index contributed by atoms with van der Waals surface area (Å²) in [7, 11) is 3.45. The average molecular weight is 326 g/mol. The molecule has 24 heavy (non-hydrogen) atoms. The Hall–Kier alpha value is -2.53. The van der Waals surface area contributed by atoms with Crippen LogP contribution in [0.1, 0.15) is 27.7 Å². The summed E-state index contributed by atoms with van der Waals surface area (Å²) in [6, 6.07) is 13.6. The summed E-state index contributed by atoms with van der Waals surface area (Å²) in [5.41, 5.74) is 3.49. The predicted octanol–water partition coefficient (Wildman–Crippen LogP) is 3.22. The van der Waals surface area contributed by atoms with Crippen LogP contribution in [-0.4, -0.2) is 38.2 Å². The molecule has 1 aliphatic heterocycles. The number of para-hydroxylation sites is 1. The molecule has 0 unspecified atom stereocenters. The molecule has 1 amide bonds. The molecule has 2 aromatic rings. The van der Waals surface area contributed by atoms with Crippen molar-refractivity contribution in [3.8, 4) is 5.75 Å². The number of methoxy groups -OCH3 is 1. The highest BCUT2D eigenvalue weighted by Crippen LogP contribution is 2.36. The van der Waals surface area contributed by atoms with Crippen LogP contribution in [0.5, 0.6) is 5.75 Å². The normalized spacial score (nSPS) is 16.5. The zero-order valence-corrected chi connectivity index (χ0v) is 14.2. The summed E-state index contributed by atoms with van der Waals surface area (Å²) in [4.78, 5) is 14.5. The van der Waals surface area contributed by atoms with Gasteiger partial charge in [0, 0.05) is 25.4 Å². The van der Waals surface area contributed by atoms with Gasteiger partial charge in [0.05, 0.1) is 12.2 Å². The SMILES string of the molecule is COCCOc1ccccc1[C@H]1Nc2cccc(C)c2C(=O)N1C. The Morgan fingerprint density at radius 3 is 2.71 bits per heavy atom. The monoisotopic (exact) mass is 326 g/mol. The maximum absolute atomic E-state index is 12.8. The van der Waals surface area contributed by atoms with E-state index < -0.39 is 0 Å². The second-order valence-electron chi connectivity index (χ2n) is 5.84. The minimum atomic E-state index is -0.273. The number of rotatable bonds is 5. The Balaban J connectivity index is 1.95. The lowest BCUT2D eigenvalue weighted by Gasteiger charge is -2.36. The van der Waals surface area contributed by atoms with Crippen molar-refractivity contribution < 1.29 is 14.3 Å². The van der Waals surface area contributed by atoms with Gasteiger partial charge in [0.25, 0.3) is 5.91 Å². The van der Waals surface area contributed by atoms with Gasteiger partial charge < -0.3 is 19.7 Å². The number of aryl methyl sites for hydroxylation is 1. The van der Waals surface area contributed by atoms with E-state index in [1.807, 2.05) is 49.4 Å². The molecule has 126 valence electrons. The summed E-state index contributed by atoms with van der Waals surface area (Å²) in [6.45, 7) is 2.94. The second-order valence-corrected chi connectivity index (χ2v) is 5.84. The van der Waals surface area contributed by atoms with Crippen LogP contribution in [0.15, 0.2) is 42.5 Å². The van der Waals surface area contributed by atoms with Crippen molar-refractivity contribution in [1.82, 2.24) is 4.90 Å². The second kappa shape index (κ2) is 6.93. The van der Waals surface area contributed by atoms with E-state index in [0.717, 1.165) is 28.1 Å². The van der Waals surface area contributed by atoms with E-state index in [1.165, 1.54) is 0 Å². The third-order valence-electron chi connectivity index (χ3n) is 4.25. The Morgan fingerprint density at radius 1 is 1.12 bits per heavy atom. The molecule has 2 aromatic carbocycles. The molecule has 1 heterocycles. The molecule has 0 saturated heterocycles. The maximum Gasteiger partial charge on any atom is 0.257 e. The first-order valence-electron chi connectivity index (χ1n) is 7.97. The van der Waals surface area contributed by atoms with Crippen molar-refractivity contribution in [2.24, 2.45) is 0 Å². The topological polar surface area (TPSA) is 50.8 Å². The van der Waals surface area contributed by atoms with Gasteiger partial charge in [0.2, 0.25) is 0 Å². The lowest BCUT2D eigenvalue weighted by molar-refractivity contribution is 0.0731. The molecule has 1 N–H and O–H groups in total. The van der Waals surface area contributed by atoms with Gasteiger partial charge in [0.1, 0.15) is 18.5 Å². The molecule has 1 aliphatic rings. The third-order valence-corrected chi connectivity index (χ3v) is 4.25. The van der Waals surface area contributed by atoms with Gasteiger partial charge in [-0.2, -0.15) is 0 Å². The number of carbonyl (C=O) groups is 1. The van der Waals surface area contributed by atoms with Crippen LogP contribution in [0.2, 0.25) is 0 Å². The lowest BCUT2D eigenvalue weighted by atomic mass is 10.00. The number of nitrogens with one attached hydrogen (secondary N) is 1. The smallest absolute Gasteiger partial charge is 0.257 e. The number of ether oxygens (including phenoxy) is 2. The van der Waals surface area contributed by atoms with Crippen LogP contribution in [0.3, 0.4) is 0 Å². The van der Waals surface area contributed by atoms with Crippen molar-refractivity contribution in [2.45, 2.75) is 13.1 Å². The fourth-order valence-corrected chi connectivity index (χ4v) is 2.97. The van der Waals surface area contributed by atoms with E-state index in [1.54, 1.807) is 19.1 Å². The highest BCUT2D eigenvalue weighted by atomic mass is 16.5. The van der Waals surface area contributed by atoms with E-state index >= 15 is 0 Å². The van der Waals surface area contributed by atoms with Crippen molar-refractivity contribution in [3.05, 3.63) is 59.2 Å². The first-order chi connectivity index (χ1) is 11.6. The zero-order valence-electron chi connectivity index (χ0n) is 14.2. The Morgan fingerprint density at radius 2 is 1.92 bits per heavy atom. The molecule has 0 radical (unpaired) electrons. The largest absolute Gasteiger partial charge is 0.491 e. The van der Waals surface area contributed by atoms with Crippen molar-refractivity contribution in [2.75, 3.05) is 32.7 Å². The number of carbonyl (C=O) groups excluding carboxylic acids is 1. The molecule has 0 spiro atoms. The van der Waals surface area contributed by atoms with Crippen molar-refractivity contribution >= 4 is 11.6 Å². The molecule has 0 bridgehead atoms. The molecule has 3 rings (SSSR count).